The SMILES string of the molecule is CCOc1ccc(C2(O)CC2)c(C)c1. The van der Waals surface area contributed by atoms with Gasteiger partial charge in [0.15, 0.2) is 0 Å². The number of aryl methyl sites for hydroxylation is 1. The van der Waals surface area contributed by atoms with Crippen LogP contribution in [-0.2, 0) is 5.60 Å². The van der Waals surface area contributed by atoms with Crippen LogP contribution in [0.1, 0.15) is 30.9 Å². The lowest BCUT2D eigenvalue weighted by atomic mass is 10.0. The molecule has 2 rings (SSSR count). The Morgan fingerprint density at radius 3 is 2.64 bits per heavy atom. The molecule has 76 valence electrons. The summed E-state index contributed by atoms with van der Waals surface area (Å²) in [5, 5.41) is 9.96. The summed E-state index contributed by atoms with van der Waals surface area (Å²) in [6.07, 6.45) is 1.78. The van der Waals surface area contributed by atoms with Crippen LogP contribution < -0.4 is 4.74 Å². The van der Waals surface area contributed by atoms with Crippen LogP contribution >= 0.6 is 0 Å². The number of aliphatic hydroxyl groups is 1. The molecule has 0 unspecified atom stereocenters. The fraction of sp³-hybridized carbons (Fsp3) is 0.500. The Labute approximate surface area is 84.5 Å². The molecule has 0 bridgehead atoms. The summed E-state index contributed by atoms with van der Waals surface area (Å²) in [4.78, 5) is 0. The molecule has 1 aliphatic rings. The van der Waals surface area contributed by atoms with Crippen LogP contribution in [0.4, 0.5) is 0 Å². The maximum absolute atomic E-state index is 9.96. The van der Waals surface area contributed by atoms with Crippen LogP contribution in [0, 0.1) is 6.92 Å². The zero-order chi connectivity index (χ0) is 10.2. The Morgan fingerprint density at radius 2 is 2.14 bits per heavy atom. The molecular formula is C12H16O2. The van der Waals surface area contributed by atoms with Crippen molar-refractivity contribution in [2.45, 2.75) is 32.3 Å². The molecule has 1 aromatic carbocycles. The second-order valence-electron chi connectivity index (χ2n) is 3.94. The molecule has 1 fully saturated rings. The van der Waals surface area contributed by atoms with Gasteiger partial charge < -0.3 is 9.84 Å². The molecule has 0 spiro atoms. The van der Waals surface area contributed by atoms with Gasteiger partial charge in [0.05, 0.1) is 12.2 Å². The molecule has 2 nitrogen and oxygen atoms in total. The highest BCUT2D eigenvalue weighted by molar-refractivity contribution is 5.40. The Bertz CT molecular complexity index is 340. The van der Waals surface area contributed by atoms with Crippen molar-refractivity contribution < 1.29 is 9.84 Å². The lowest BCUT2D eigenvalue weighted by molar-refractivity contribution is 0.150. The maximum Gasteiger partial charge on any atom is 0.119 e. The predicted octanol–water partition coefficient (Wildman–Crippen LogP) is 2.38. The maximum atomic E-state index is 9.96. The van der Waals surface area contributed by atoms with Gasteiger partial charge in [-0.3, -0.25) is 0 Å². The third-order valence-electron chi connectivity index (χ3n) is 2.73. The molecule has 0 aromatic heterocycles. The van der Waals surface area contributed by atoms with Crippen molar-refractivity contribution in [3.8, 4) is 5.75 Å². The highest BCUT2D eigenvalue weighted by Crippen LogP contribution is 2.46. The molecule has 1 aliphatic carbocycles. The highest BCUT2D eigenvalue weighted by atomic mass is 16.5. The smallest absolute Gasteiger partial charge is 0.119 e. The minimum Gasteiger partial charge on any atom is -0.494 e. The third-order valence-corrected chi connectivity index (χ3v) is 2.73. The molecule has 0 aliphatic heterocycles. The average molecular weight is 192 g/mol. The van der Waals surface area contributed by atoms with E-state index >= 15 is 0 Å². The van der Waals surface area contributed by atoms with Crippen molar-refractivity contribution in [3.63, 3.8) is 0 Å². The van der Waals surface area contributed by atoms with E-state index in [0.29, 0.717) is 6.61 Å². The molecule has 0 saturated heterocycles. The summed E-state index contributed by atoms with van der Waals surface area (Å²) in [6.45, 7) is 4.68. The minimum atomic E-state index is -0.533. The van der Waals surface area contributed by atoms with Crippen LogP contribution in [-0.4, -0.2) is 11.7 Å². The number of rotatable bonds is 3. The summed E-state index contributed by atoms with van der Waals surface area (Å²) in [5.41, 5.74) is 1.64. The van der Waals surface area contributed by atoms with Crippen molar-refractivity contribution in [2.75, 3.05) is 6.61 Å². The number of ether oxygens (including phenoxy) is 1. The van der Waals surface area contributed by atoms with Crippen molar-refractivity contribution in [3.05, 3.63) is 29.3 Å². The lowest BCUT2D eigenvalue weighted by Gasteiger charge is -2.13. The van der Waals surface area contributed by atoms with Crippen LogP contribution in [0.3, 0.4) is 0 Å². The highest BCUT2D eigenvalue weighted by Gasteiger charge is 2.42. The predicted molar refractivity (Wildman–Crippen MR) is 55.5 cm³/mol. The van der Waals surface area contributed by atoms with Gasteiger partial charge >= 0.3 is 0 Å². The molecule has 1 N–H and O–H groups in total. The first-order valence-corrected chi connectivity index (χ1v) is 5.12. The minimum absolute atomic E-state index is 0.533. The molecule has 0 radical (unpaired) electrons. The van der Waals surface area contributed by atoms with E-state index < -0.39 is 5.60 Å². The summed E-state index contributed by atoms with van der Waals surface area (Å²) >= 11 is 0. The van der Waals surface area contributed by atoms with Crippen molar-refractivity contribution in [1.82, 2.24) is 0 Å². The Kier molecular flexibility index (Phi) is 2.23. The van der Waals surface area contributed by atoms with Gasteiger partial charge in [0.25, 0.3) is 0 Å². The third kappa shape index (κ3) is 1.62. The average Bonchev–Trinajstić information content (AvgIpc) is 2.85. The fourth-order valence-corrected chi connectivity index (χ4v) is 1.80. The summed E-state index contributed by atoms with van der Waals surface area (Å²) in [7, 11) is 0. The molecule has 0 amide bonds. The van der Waals surface area contributed by atoms with Crippen LogP contribution in [0.2, 0.25) is 0 Å². The summed E-state index contributed by atoms with van der Waals surface area (Å²) in [5.74, 6) is 0.887. The van der Waals surface area contributed by atoms with E-state index in [-0.39, 0.29) is 0 Å². The largest absolute Gasteiger partial charge is 0.494 e. The topological polar surface area (TPSA) is 29.5 Å². The monoisotopic (exact) mass is 192 g/mol. The van der Waals surface area contributed by atoms with Gasteiger partial charge in [0.1, 0.15) is 5.75 Å². The number of benzene rings is 1. The standard InChI is InChI=1S/C12H16O2/c1-3-14-10-4-5-11(9(2)8-10)12(13)6-7-12/h4-5,8,13H,3,6-7H2,1-2H3. The van der Waals surface area contributed by atoms with Gasteiger partial charge in [0.2, 0.25) is 0 Å². The second kappa shape index (κ2) is 3.28. The van der Waals surface area contributed by atoms with Gasteiger partial charge in [-0.25, -0.2) is 0 Å². The quantitative estimate of drug-likeness (QED) is 0.796. The van der Waals surface area contributed by atoms with Gasteiger partial charge in [0, 0.05) is 0 Å². The molecular weight excluding hydrogens is 176 g/mol. The van der Waals surface area contributed by atoms with E-state index in [0.717, 1.165) is 29.7 Å². The van der Waals surface area contributed by atoms with Crippen LogP contribution in [0.25, 0.3) is 0 Å². The van der Waals surface area contributed by atoms with E-state index in [1.54, 1.807) is 0 Å². The number of hydrogen-bond acceptors (Lipinski definition) is 2. The molecule has 14 heavy (non-hydrogen) atoms. The van der Waals surface area contributed by atoms with Gasteiger partial charge in [-0.1, -0.05) is 6.07 Å². The number of hydrogen-bond donors (Lipinski definition) is 1. The molecule has 1 saturated carbocycles. The molecule has 0 heterocycles. The summed E-state index contributed by atoms with van der Waals surface area (Å²) in [6, 6.07) is 5.91. The van der Waals surface area contributed by atoms with E-state index in [1.165, 1.54) is 0 Å². The first-order valence-electron chi connectivity index (χ1n) is 5.12. The van der Waals surface area contributed by atoms with Gasteiger partial charge in [-0.05, 0) is 49.9 Å². The zero-order valence-corrected chi connectivity index (χ0v) is 8.71. The molecule has 2 heteroatoms. The van der Waals surface area contributed by atoms with Crippen LogP contribution in [0.5, 0.6) is 5.75 Å². The van der Waals surface area contributed by atoms with Gasteiger partial charge in [-0.2, -0.15) is 0 Å². The van der Waals surface area contributed by atoms with E-state index in [1.807, 2.05) is 32.0 Å². The van der Waals surface area contributed by atoms with E-state index in [9.17, 15) is 5.11 Å². The van der Waals surface area contributed by atoms with Crippen molar-refractivity contribution in [1.29, 1.82) is 0 Å². The van der Waals surface area contributed by atoms with E-state index in [2.05, 4.69) is 0 Å². The van der Waals surface area contributed by atoms with Gasteiger partial charge in [-0.15, -0.1) is 0 Å². The van der Waals surface area contributed by atoms with Crippen LogP contribution in [0.15, 0.2) is 18.2 Å². The lowest BCUT2D eigenvalue weighted by Crippen LogP contribution is -2.06. The fourth-order valence-electron chi connectivity index (χ4n) is 1.80. The molecule has 1 aromatic rings. The first kappa shape index (κ1) is 9.53. The zero-order valence-electron chi connectivity index (χ0n) is 8.71. The Balaban J connectivity index is 2.27. The Hall–Kier alpha value is -1.02. The Morgan fingerprint density at radius 1 is 1.43 bits per heavy atom. The first-order chi connectivity index (χ1) is 6.65. The second-order valence-corrected chi connectivity index (χ2v) is 3.94. The van der Waals surface area contributed by atoms with E-state index in [4.69, 9.17) is 4.74 Å². The normalized spacial score (nSPS) is 17.9. The van der Waals surface area contributed by atoms with Crippen molar-refractivity contribution >= 4 is 0 Å². The summed E-state index contributed by atoms with van der Waals surface area (Å²) < 4.78 is 5.39. The molecule has 0 atom stereocenters. The van der Waals surface area contributed by atoms with Crippen molar-refractivity contribution in [2.24, 2.45) is 0 Å².